The van der Waals surface area contributed by atoms with Gasteiger partial charge in [-0.15, -0.1) is 0 Å². The van der Waals surface area contributed by atoms with Crippen LogP contribution in [0.15, 0.2) is 48.9 Å². The number of aryl methyl sites for hydroxylation is 1. The fraction of sp³-hybridized carbons (Fsp3) is 0.0556. The summed E-state index contributed by atoms with van der Waals surface area (Å²) in [4.78, 5) is 24.4. The van der Waals surface area contributed by atoms with Crippen molar-refractivity contribution in [3.8, 4) is 5.69 Å². The van der Waals surface area contributed by atoms with E-state index in [0.717, 1.165) is 17.8 Å². The minimum Gasteiger partial charge on any atom is -0.303 e. The van der Waals surface area contributed by atoms with Gasteiger partial charge in [-0.25, -0.2) is 18.2 Å². The molecule has 0 radical (unpaired) electrons. The van der Waals surface area contributed by atoms with E-state index < -0.39 is 17.5 Å². The minimum absolute atomic E-state index is 0.138. The van der Waals surface area contributed by atoms with Crippen molar-refractivity contribution in [1.29, 1.82) is 0 Å². The topological polar surface area (TPSA) is 52.0 Å². The van der Waals surface area contributed by atoms with Crippen molar-refractivity contribution in [2.24, 2.45) is 0 Å². The molecule has 0 spiro atoms. The summed E-state index contributed by atoms with van der Waals surface area (Å²) in [7, 11) is 0. The fourth-order valence-corrected chi connectivity index (χ4v) is 1.94. The highest BCUT2D eigenvalue weighted by Crippen LogP contribution is 2.14. The molecule has 1 aromatic heterocycles. The Morgan fingerprint density at radius 3 is 1.96 bits per heavy atom. The van der Waals surface area contributed by atoms with Crippen LogP contribution in [0.2, 0.25) is 0 Å². The van der Waals surface area contributed by atoms with Crippen molar-refractivity contribution in [2.45, 2.75) is 6.92 Å². The number of nitrogens with zero attached hydrogens (tertiary/aromatic N) is 2. The molecular formula is C18H13F3N2O2. The largest absolute Gasteiger partial charge is 0.303 e. The first-order valence-corrected chi connectivity index (χ1v) is 7.10. The number of rotatable bonds is 3. The highest BCUT2D eigenvalue weighted by atomic mass is 19.2. The van der Waals surface area contributed by atoms with E-state index in [9.17, 15) is 22.8 Å². The zero-order valence-corrected chi connectivity index (χ0v) is 13.1. The van der Waals surface area contributed by atoms with Crippen molar-refractivity contribution in [1.82, 2.24) is 9.55 Å². The molecule has 0 N–H and O–H groups in total. The first-order chi connectivity index (χ1) is 11.9. The molecule has 4 nitrogen and oxygen atoms in total. The second-order valence-corrected chi connectivity index (χ2v) is 5.04. The van der Waals surface area contributed by atoms with E-state index in [-0.39, 0.29) is 5.56 Å². The second kappa shape index (κ2) is 8.05. The lowest BCUT2D eigenvalue weighted by atomic mass is 10.2. The van der Waals surface area contributed by atoms with E-state index in [4.69, 9.17) is 0 Å². The third-order valence-electron chi connectivity index (χ3n) is 3.18. The number of carbonyl (C=O) groups excluding carboxylic acids is 2. The number of carbonyl (C=O) groups is 2. The molecule has 0 fully saturated rings. The van der Waals surface area contributed by atoms with Gasteiger partial charge in [-0.3, -0.25) is 9.59 Å². The van der Waals surface area contributed by atoms with Crippen LogP contribution in [0.4, 0.5) is 13.2 Å². The van der Waals surface area contributed by atoms with Crippen molar-refractivity contribution >= 4 is 12.6 Å². The summed E-state index contributed by atoms with van der Waals surface area (Å²) < 4.78 is 39.5. The van der Waals surface area contributed by atoms with Crippen molar-refractivity contribution < 1.29 is 22.8 Å². The average molecular weight is 346 g/mol. The highest BCUT2D eigenvalue weighted by molar-refractivity contribution is 5.75. The number of halogens is 3. The van der Waals surface area contributed by atoms with Crippen LogP contribution >= 0.6 is 0 Å². The Morgan fingerprint density at radius 2 is 1.48 bits per heavy atom. The number of imidazole rings is 1. The lowest BCUT2D eigenvalue weighted by Gasteiger charge is -2.03. The summed E-state index contributed by atoms with van der Waals surface area (Å²) in [6.45, 7) is 1.83. The maximum Gasteiger partial charge on any atom is 0.159 e. The fourth-order valence-electron chi connectivity index (χ4n) is 1.94. The van der Waals surface area contributed by atoms with Crippen molar-refractivity contribution in [3.05, 3.63) is 83.2 Å². The van der Waals surface area contributed by atoms with Gasteiger partial charge in [0.05, 0.1) is 17.7 Å². The molecule has 0 aliphatic carbocycles. The van der Waals surface area contributed by atoms with Crippen LogP contribution < -0.4 is 0 Å². The SMILES string of the molecule is Cc1cn(-c2ccc(C=O)cc2F)cn1.O=Cc1ccc(F)c(F)c1. The van der Waals surface area contributed by atoms with Crippen LogP contribution in [0.5, 0.6) is 0 Å². The highest BCUT2D eigenvalue weighted by Gasteiger charge is 2.05. The summed E-state index contributed by atoms with van der Waals surface area (Å²) >= 11 is 0. The van der Waals surface area contributed by atoms with Gasteiger partial charge in [0.25, 0.3) is 0 Å². The zero-order valence-electron chi connectivity index (χ0n) is 13.1. The Balaban J connectivity index is 0.000000196. The molecule has 3 rings (SSSR count). The monoisotopic (exact) mass is 346 g/mol. The standard InChI is InChI=1S/C11H9FN2O.C7H4F2O/c1-8-5-14(7-13-8)11-3-2-9(6-15)4-10(11)12;8-6-2-1-5(4-10)3-7(6)9/h2-7H,1H3;1-4H. The maximum absolute atomic E-state index is 13.5. The van der Waals surface area contributed by atoms with Gasteiger partial charge in [0.15, 0.2) is 11.6 Å². The quantitative estimate of drug-likeness (QED) is 0.676. The van der Waals surface area contributed by atoms with Gasteiger partial charge in [-0.05, 0) is 43.3 Å². The number of aromatic nitrogens is 2. The summed E-state index contributed by atoms with van der Waals surface area (Å²) in [5, 5.41) is 0. The molecule has 0 amide bonds. The molecule has 0 aliphatic heterocycles. The van der Waals surface area contributed by atoms with E-state index in [0.29, 0.717) is 23.8 Å². The minimum atomic E-state index is -0.996. The molecular weight excluding hydrogens is 333 g/mol. The van der Waals surface area contributed by atoms with E-state index in [1.165, 1.54) is 18.5 Å². The Morgan fingerprint density at radius 1 is 0.880 bits per heavy atom. The summed E-state index contributed by atoms with van der Waals surface area (Å²) in [5.41, 5.74) is 1.67. The third-order valence-corrected chi connectivity index (χ3v) is 3.18. The zero-order chi connectivity index (χ0) is 18.4. The van der Waals surface area contributed by atoms with Gasteiger partial charge in [-0.2, -0.15) is 0 Å². The Bertz CT molecular complexity index is 907. The Hall–Kier alpha value is -3.22. The molecule has 0 bridgehead atoms. The van der Waals surface area contributed by atoms with Crippen LogP contribution in [-0.2, 0) is 0 Å². The summed E-state index contributed by atoms with van der Waals surface area (Å²) in [6.07, 6.45) is 4.34. The number of aldehydes is 2. The molecule has 0 saturated heterocycles. The van der Waals surface area contributed by atoms with Crippen molar-refractivity contribution in [2.75, 3.05) is 0 Å². The van der Waals surface area contributed by atoms with E-state index in [2.05, 4.69) is 4.98 Å². The van der Waals surface area contributed by atoms with Gasteiger partial charge >= 0.3 is 0 Å². The summed E-state index contributed by atoms with van der Waals surface area (Å²) in [6, 6.07) is 7.31. The molecule has 0 atom stereocenters. The first-order valence-electron chi connectivity index (χ1n) is 7.10. The molecule has 1 heterocycles. The lowest BCUT2D eigenvalue weighted by molar-refractivity contribution is 0.111. The molecule has 0 unspecified atom stereocenters. The second-order valence-electron chi connectivity index (χ2n) is 5.04. The Labute approximate surface area is 141 Å². The number of hydrogen-bond donors (Lipinski definition) is 0. The van der Waals surface area contributed by atoms with Gasteiger partial charge < -0.3 is 4.57 Å². The number of hydrogen-bond acceptors (Lipinski definition) is 3. The maximum atomic E-state index is 13.5. The molecule has 2 aromatic carbocycles. The Kier molecular flexibility index (Phi) is 5.84. The van der Waals surface area contributed by atoms with Gasteiger partial charge in [-0.1, -0.05) is 0 Å². The molecule has 25 heavy (non-hydrogen) atoms. The van der Waals surface area contributed by atoms with Crippen LogP contribution in [-0.4, -0.2) is 22.1 Å². The van der Waals surface area contributed by atoms with Gasteiger partial charge in [0.1, 0.15) is 18.4 Å². The average Bonchev–Trinajstić information content (AvgIpc) is 3.04. The predicted octanol–water partition coefficient (Wildman–Crippen LogP) is 3.91. The lowest BCUT2D eigenvalue weighted by Crippen LogP contribution is -1.95. The van der Waals surface area contributed by atoms with Crippen LogP contribution in [0.3, 0.4) is 0 Å². The van der Waals surface area contributed by atoms with Crippen LogP contribution in [0.25, 0.3) is 5.69 Å². The van der Waals surface area contributed by atoms with Crippen LogP contribution in [0.1, 0.15) is 26.4 Å². The normalized spacial score (nSPS) is 9.92. The van der Waals surface area contributed by atoms with Gasteiger partial charge in [0.2, 0.25) is 0 Å². The van der Waals surface area contributed by atoms with E-state index in [1.807, 2.05) is 6.92 Å². The molecule has 3 aromatic rings. The predicted molar refractivity (Wildman–Crippen MR) is 85.4 cm³/mol. The summed E-state index contributed by atoms with van der Waals surface area (Å²) in [5.74, 6) is -2.37. The smallest absolute Gasteiger partial charge is 0.159 e. The first kappa shape index (κ1) is 18.1. The molecule has 7 heteroatoms. The van der Waals surface area contributed by atoms with Crippen LogP contribution in [0, 0.1) is 24.4 Å². The van der Waals surface area contributed by atoms with E-state index in [1.54, 1.807) is 22.9 Å². The molecule has 0 saturated carbocycles. The molecule has 128 valence electrons. The van der Waals surface area contributed by atoms with Crippen molar-refractivity contribution in [3.63, 3.8) is 0 Å². The van der Waals surface area contributed by atoms with Gasteiger partial charge in [0, 0.05) is 17.3 Å². The third kappa shape index (κ3) is 4.63. The van der Waals surface area contributed by atoms with E-state index >= 15 is 0 Å². The molecule has 0 aliphatic rings. The number of benzene rings is 2.